The molecule has 0 radical (unpaired) electrons. The molecule has 0 spiro atoms. The van der Waals surface area contributed by atoms with Crippen LogP contribution in [0, 0.1) is 17.8 Å². The van der Waals surface area contributed by atoms with Crippen LogP contribution in [0.3, 0.4) is 0 Å². The topological polar surface area (TPSA) is 105 Å². The van der Waals surface area contributed by atoms with Crippen molar-refractivity contribution in [3.8, 4) is 11.1 Å². The molecule has 1 saturated carbocycles. The second-order valence-electron chi connectivity index (χ2n) is 8.76. The van der Waals surface area contributed by atoms with Crippen molar-refractivity contribution in [3.05, 3.63) is 59.7 Å². The average Bonchev–Trinajstić information content (AvgIpc) is 3.49. The summed E-state index contributed by atoms with van der Waals surface area (Å²) >= 11 is 0. The minimum atomic E-state index is -0.872. The molecule has 0 heterocycles. The first-order valence-electron chi connectivity index (χ1n) is 11.0. The molecule has 0 aromatic heterocycles. The minimum Gasteiger partial charge on any atom is -0.481 e. The summed E-state index contributed by atoms with van der Waals surface area (Å²) < 4.78 is 5.52. The Hall–Kier alpha value is -3.35. The molecule has 32 heavy (non-hydrogen) atoms. The molecule has 0 bridgehead atoms. The number of hydrogen-bond donors (Lipinski definition) is 3. The van der Waals surface area contributed by atoms with Gasteiger partial charge in [0.2, 0.25) is 5.91 Å². The van der Waals surface area contributed by atoms with Crippen LogP contribution in [0.25, 0.3) is 11.1 Å². The van der Waals surface area contributed by atoms with E-state index >= 15 is 0 Å². The molecule has 2 aromatic carbocycles. The third-order valence-electron chi connectivity index (χ3n) is 6.26. The standard InChI is InChI=1S/C25H28N2O5/c1-15(10-23(28)29)12-26-24(30)21-11-16(21)13-27-25(31)32-14-22-19-8-4-2-6-17(19)18-7-3-5-9-20(18)22/h2-9,15-16,21-22H,10-14H2,1H3,(H,26,30)(H,27,31)(H,28,29)/t15?,16-,21-/m1/s1. The number of amides is 2. The normalized spacial score (nSPS) is 19.4. The summed E-state index contributed by atoms with van der Waals surface area (Å²) in [7, 11) is 0. The van der Waals surface area contributed by atoms with Crippen LogP contribution < -0.4 is 10.6 Å². The number of carbonyl (C=O) groups is 3. The summed E-state index contributed by atoms with van der Waals surface area (Å²) in [6, 6.07) is 16.4. The Bertz CT molecular complexity index is 975. The van der Waals surface area contributed by atoms with E-state index in [2.05, 4.69) is 34.9 Å². The van der Waals surface area contributed by atoms with Gasteiger partial charge in [0.25, 0.3) is 0 Å². The molecule has 3 N–H and O–H groups in total. The van der Waals surface area contributed by atoms with E-state index in [9.17, 15) is 14.4 Å². The highest BCUT2D eigenvalue weighted by Gasteiger charge is 2.43. The maximum absolute atomic E-state index is 12.3. The number of rotatable bonds is 9. The molecule has 2 amide bonds. The summed E-state index contributed by atoms with van der Waals surface area (Å²) in [6.07, 6.45) is 0.258. The van der Waals surface area contributed by atoms with E-state index in [0.717, 1.165) is 11.1 Å². The van der Waals surface area contributed by atoms with Crippen molar-refractivity contribution in [2.45, 2.75) is 25.7 Å². The first kappa shape index (κ1) is 21.9. The number of carboxylic acid groups (broad SMARTS) is 1. The Labute approximate surface area is 187 Å². The van der Waals surface area contributed by atoms with Gasteiger partial charge in [-0.25, -0.2) is 4.79 Å². The molecule has 3 atom stereocenters. The molecule has 2 aliphatic rings. The van der Waals surface area contributed by atoms with Crippen molar-refractivity contribution in [2.75, 3.05) is 19.7 Å². The number of hydrogen-bond acceptors (Lipinski definition) is 4. The van der Waals surface area contributed by atoms with E-state index in [1.165, 1.54) is 11.1 Å². The lowest BCUT2D eigenvalue weighted by molar-refractivity contribution is -0.138. The molecule has 2 aliphatic carbocycles. The van der Waals surface area contributed by atoms with Crippen molar-refractivity contribution < 1.29 is 24.2 Å². The Morgan fingerprint density at radius 1 is 1.03 bits per heavy atom. The third-order valence-corrected chi connectivity index (χ3v) is 6.26. The van der Waals surface area contributed by atoms with Gasteiger partial charge in [0.05, 0.1) is 0 Å². The van der Waals surface area contributed by atoms with Gasteiger partial charge in [0.1, 0.15) is 6.61 Å². The first-order chi connectivity index (χ1) is 15.4. The molecule has 2 aromatic rings. The second-order valence-corrected chi connectivity index (χ2v) is 8.76. The minimum absolute atomic E-state index is 0.0143. The fourth-order valence-corrected chi connectivity index (χ4v) is 4.43. The Balaban J connectivity index is 1.21. The predicted octanol–water partition coefficient (Wildman–Crippen LogP) is 3.39. The summed E-state index contributed by atoms with van der Waals surface area (Å²) in [5, 5.41) is 14.4. The molecule has 0 saturated heterocycles. The lowest BCUT2D eigenvalue weighted by Crippen LogP contribution is -2.32. The molecule has 168 valence electrons. The number of fused-ring (bicyclic) bond motifs is 3. The number of ether oxygens (including phenoxy) is 1. The number of carbonyl (C=O) groups excluding carboxylic acids is 2. The van der Waals surface area contributed by atoms with Gasteiger partial charge >= 0.3 is 12.1 Å². The van der Waals surface area contributed by atoms with E-state index in [1.54, 1.807) is 6.92 Å². The quantitative estimate of drug-likeness (QED) is 0.559. The van der Waals surface area contributed by atoms with E-state index in [0.29, 0.717) is 19.5 Å². The largest absolute Gasteiger partial charge is 0.481 e. The SMILES string of the molecule is CC(CNC(=O)[C@@H]1C[C@@H]1CNC(=O)OCC1c2ccccc2-c2ccccc21)CC(=O)O. The van der Waals surface area contributed by atoms with Crippen molar-refractivity contribution in [1.29, 1.82) is 0 Å². The Kier molecular flexibility index (Phi) is 6.44. The zero-order valence-electron chi connectivity index (χ0n) is 18.0. The zero-order chi connectivity index (χ0) is 22.7. The smallest absolute Gasteiger partial charge is 0.407 e. The average molecular weight is 437 g/mol. The summed E-state index contributed by atoms with van der Waals surface area (Å²) in [6.45, 7) is 2.78. The van der Waals surface area contributed by atoms with E-state index in [1.807, 2.05) is 24.3 Å². The zero-order valence-corrected chi connectivity index (χ0v) is 18.0. The van der Waals surface area contributed by atoms with Gasteiger partial charge in [-0.05, 0) is 40.5 Å². The third kappa shape index (κ3) is 4.93. The van der Waals surface area contributed by atoms with Gasteiger partial charge in [0.15, 0.2) is 0 Å². The molecule has 7 nitrogen and oxygen atoms in total. The molecule has 0 aliphatic heterocycles. The van der Waals surface area contributed by atoms with Gasteiger partial charge in [-0.2, -0.15) is 0 Å². The second kappa shape index (κ2) is 9.42. The highest BCUT2D eigenvalue weighted by Crippen LogP contribution is 2.44. The number of aliphatic carboxylic acids is 1. The number of carboxylic acids is 1. The van der Waals surface area contributed by atoms with Gasteiger partial charge in [0, 0.05) is 31.3 Å². The Morgan fingerprint density at radius 3 is 2.28 bits per heavy atom. The maximum atomic E-state index is 12.3. The highest BCUT2D eigenvalue weighted by atomic mass is 16.5. The lowest BCUT2D eigenvalue weighted by Gasteiger charge is -2.14. The lowest BCUT2D eigenvalue weighted by atomic mass is 9.98. The molecule has 4 rings (SSSR count). The van der Waals surface area contributed by atoms with E-state index < -0.39 is 12.1 Å². The number of benzene rings is 2. The van der Waals surface area contributed by atoms with Gasteiger partial charge < -0.3 is 20.5 Å². The van der Waals surface area contributed by atoms with Crippen molar-refractivity contribution in [1.82, 2.24) is 10.6 Å². The van der Waals surface area contributed by atoms with Crippen LogP contribution in [0.5, 0.6) is 0 Å². The van der Waals surface area contributed by atoms with Crippen LogP contribution in [0.1, 0.15) is 36.8 Å². The van der Waals surface area contributed by atoms with Crippen LogP contribution in [0.15, 0.2) is 48.5 Å². The van der Waals surface area contributed by atoms with E-state index in [4.69, 9.17) is 9.84 Å². The highest BCUT2D eigenvalue weighted by molar-refractivity contribution is 5.82. The van der Waals surface area contributed by atoms with Crippen molar-refractivity contribution in [3.63, 3.8) is 0 Å². The van der Waals surface area contributed by atoms with Gasteiger partial charge in [-0.1, -0.05) is 55.5 Å². The maximum Gasteiger partial charge on any atom is 0.407 e. The van der Waals surface area contributed by atoms with Crippen LogP contribution in [-0.4, -0.2) is 42.8 Å². The van der Waals surface area contributed by atoms with Crippen molar-refractivity contribution >= 4 is 18.0 Å². The van der Waals surface area contributed by atoms with E-state index in [-0.39, 0.29) is 42.6 Å². The van der Waals surface area contributed by atoms with Crippen LogP contribution in [0.4, 0.5) is 4.79 Å². The van der Waals surface area contributed by atoms with Gasteiger partial charge in [-0.3, -0.25) is 9.59 Å². The first-order valence-corrected chi connectivity index (χ1v) is 11.0. The van der Waals surface area contributed by atoms with Crippen LogP contribution in [-0.2, 0) is 14.3 Å². The van der Waals surface area contributed by atoms with Crippen LogP contribution >= 0.6 is 0 Å². The van der Waals surface area contributed by atoms with Gasteiger partial charge in [-0.15, -0.1) is 0 Å². The summed E-state index contributed by atoms with van der Waals surface area (Å²) in [5.41, 5.74) is 4.69. The summed E-state index contributed by atoms with van der Waals surface area (Å²) in [4.78, 5) is 35.1. The molecule has 7 heteroatoms. The fourth-order valence-electron chi connectivity index (χ4n) is 4.43. The number of alkyl carbamates (subject to hydrolysis) is 1. The molecule has 1 fully saturated rings. The Morgan fingerprint density at radius 2 is 1.66 bits per heavy atom. The molecule has 1 unspecified atom stereocenters. The monoisotopic (exact) mass is 436 g/mol. The van der Waals surface area contributed by atoms with Crippen molar-refractivity contribution in [2.24, 2.45) is 17.8 Å². The van der Waals surface area contributed by atoms with Crippen LogP contribution in [0.2, 0.25) is 0 Å². The predicted molar refractivity (Wildman–Crippen MR) is 119 cm³/mol. The summed E-state index contributed by atoms with van der Waals surface area (Å²) in [5.74, 6) is -1.11. The molecular weight excluding hydrogens is 408 g/mol. The molecular formula is C25H28N2O5. The number of nitrogens with one attached hydrogen (secondary N) is 2. The fraction of sp³-hybridized carbons (Fsp3) is 0.400.